The van der Waals surface area contributed by atoms with Gasteiger partial charge in [0.2, 0.25) is 0 Å². The Balaban J connectivity index is 2.44. The van der Waals surface area contributed by atoms with Crippen LogP contribution in [0.4, 0.5) is 0 Å². The van der Waals surface area contributed by atoms with Crippen LogP contribution in [0.5, 0.6) is 0 Å². The minimum Gasteiger partial charge on any atom is -0.402 e. The number of allylic oxidation sites excluding steroid dienone is 2. The molecule has 0 aliphatic rings. The molecule has 3 N–H and O–H groups in total. The molecule has 0 spiro atoms. The van der Waals surface area contributed by atoms with Gasteiger partial charge in [-0.1, -0.05) is 36.4 Å². The monoisotopic (exact) mass is 314 g/mol. The molecular formula is C17H18N2O2S. The van der Waals surface area contributed by atoms with Crippen LogP contribution in [-0.2, 0) is 9.84 Å². The van der Waals surface area contributed by atoms with Gasteiger partial charge in [-0.2, -0.15) is 0 Å². The van der Waals surface area contributed by atoms with Gasteiger partial charge in [-0.05, 0) is 35.7 Å². The molecule has 2 rings (SSSR count). The lowest BCUT2D eigenvalue weighted by molar-refractivity contribution is 0.602. The van der Waals surface area contributed by atoms with Crippen molar-refractivity contribution in [2.45, 2.75) is 11.8 Å². The van der Waals surface area contributed by atoms with E-state index < -0.39 is 9.84 Å². The van der Waals surface area contributed by atoms with Gasteiger partial charge in [0.25, 0.3) is 0 Å². The maximum absolute atomic E-state index is 11.6. The van der Waals surface area contributed by atoms with E-state index in [1.54, 1.807) is 25.1 Å². The fraction of sp³-hybridized carbons (Fsp3) is 0.118. The van der Waals surface area contributed by atoms with Crippen LogP contribution in [0.2, 0.25) is 0 Å². The minimum atomic E-state index is -3.22. The van der Waals surface area contributed by atoms with Crippen molar-refractivity contribution in [3.05, 3.63) is 59.8 Å². The Bertz CT molecular complexity index is 831. The molecule has 22 heavy (non-hydrogen) atoms. The van der Waals surface area contributed by atoms with E-state index in [0.717, 1.165) is 16.7 Å². The van der Waals surface area contributed by atoms with Crippen molar-refractivity contribution in [1.29, 1.82) is 5.41 Å². The van der Waals surface area contributed by atoms with Crippen LogP contribution < -0.4 is 5.73 Å². The SMILES string of the molecule is C/C(N)=C(/C=N)c1ccc(-c2cccc(S(C)(=O)=O)c2)cc1. The van der Waals surface area contributed by atoms with E-state index in [2.05, 4.69) is 0 Å². The van der Waals surface area contributed by atoms with Crippen molar-refractivity contribution in [3.63, 3.8) is 0 Å². The third kappa shape index (κ3) is 3.43. The lowest BCUT2D eigenvalue weighted by Gasteiger charge is -2.07. The summed E-state index contributed by atoms with van der Waals surface area (Å²) in [5.41, 5.74) is 9.62. The fourth-order valence-corrected chi connectivity index (χ4v) is 2.84. The van der Waals surface area contributed by atoms with Crippen LogP contribution in [-0.4, -0.2) is 20.9 Å². The van der Waals surface area contributed by atoms with E-state index in [1.807, 2.05) is 30.3 Å². The van der Waals surface area contributed by atoms with Crippen molar-refractivity contribution in [3.8, 4) is 11.1 Å². The second-order valence-corrected chi connectivity index (χ2v) is 7.13. The lowest BCUT2D eigenvalue weighted by Crippen LogP contribution is -1.99. The van der Waals surface area contributed by atoms with Gasteiger partial charge in [0.1, 0.15) is 0 Å². The highest BCUT2D eigenvalue weighted by atomic mass is 32.2. The van der Waals surface area contributed by atoms with Gasteiger partial charge in [0.05, 0.1) is 4.90 Å². The normalized spacial score (nSPS) is 12.6. The second-order valence-electron chi connectivity index (χ2n) is 5.12. The topological polar surface area (TPSA) is 84.0 Å². The van der Waals surface area contributed by atoms with Gasteiger partial charge < -0.3 is 11.1 Å². The van der Waals surface area contributed by atoms with E-state index >= 15 is 0 Å². The molecule has 0 fully saturated rings. The molecule has 0 amide bonds. The molecule has 0 atom stereocenters. The summed E-state index contributed by atoms with van der Waals surface area (Å²) in [4.78, 5) is 0.298. The first-order chi connectivity index (χ1) is 10.3. The highest BCUT2D eigenvalue weighted by Gasteiger charge is 2.08. The first-order valence-corrected chi connectivity index (χ1v) is 8.60. The molecule has 0 aliphatic carbocycles. The van der Waals surface area contributed by atoms with Crippen LogP contribution in [0.3, 0.4) is 0 Å². The Morgan fingerprint density at radius 2 is 1.73 bits per heavy atom. The summed E-state index contributed by atoms with van der Waals surface area (Å²) < 4.78 is 23.3. The molecule has 0 aromatic heterocycles. The largest absolute Gasteiger partial charge is 0.402 e. The number of nitrogens with two attached hydrogens (primary N) is 1. The van der Waals surface area contributed by atoms with Crippen molar-refractivity contribution >= 4 is 21.6 Å². The number of hydrogen-bond donors (Lipinski definition) is 2. The third-order valence-electron chi connectivity index (χ3n) is 3.36. The molecule has 0 saturated heterocycles. The van der Waals surface area contributed by atoms with Gasteiger partial charge in [-0.3, -0.25) is 0 Å². The maximum atomic E-state index is 11.6. The van der Waals surface area contributed by atoms with Gasteiger partial charge in [0, 0.05) is 23.7 Å². The standard InChI is InChI=1S/C17H18N2O2S/c1-12(19)17(11-18)14-8-6-13(7-9-14)15-4-3-5-16(10-15)22(2,20)21/h3-11,18H,19H2,1-2H3/b17-12+,18-11?. The first-order valence-electron chi connectivity index (χ1n) is 6.70. The molecule has 0 radical (unpaired) electrons. The molecule has 2 aromatic rings. The van der Waals surface area contributed by atoms with E-state index in [4.69, 9.17) is 11.1 Å². The van der Waals surface area contributed by atoms with E-state index in [-0.39, 0.29) is 0 Å². The van der Waals surface area contributed by atoms with Gasteiger partial charge in [0.15, 0.2) is 9.84 Å². The van der Waals surface area contributed by atoms with Gasteiger partial charge in [-0.15, -0.1) is 0 Å². The van der Waals surface area contributed by atoms with Crippen LogP contribution >= 0.6 is 0 Å². The van der Waals surface area contributed by atoms with Gasteiger partial charge in [-0.25, -0.2) is 8.42 Å². The zero-order chi connectivity index (χ0) is 16.3. The summed E-state index contributed by atoms with van der Waals surface area (Å²) in [6.07, 6.45) is 2.43. The Labute approximate surface area is 130 Å². The van der Waals surface area contributed by atoms with Crippen LogP contribution in [0.15, 0.2) is 59.1 Å². The highest BCUT2D eigenvalue weighted by Crippen LogP contribution is 2.24. The van der Waals surface area contributed by atoms with E-state index in [9.17, 15) is 8.42 Å². The van der Waals surface area contributed by atoms with E-state index in [1.165, 1.54) is 12.5 Å². The third-order valence-corrected chi connectivity index (χ3v) is 4.47. The van der Waals surface area contributed by atoms with Gasteiger partial charge >= 0.3 is 0 Å². The number of benzene rings is 2. The highest BCUT2D eigenvalue weighted by molar-refractivity contribution is 7.90. The van der Waals surface area contributed by atoms with E-state index in [0.29, 0.717) is 16.2 Å². The number of nitrogens with one attached hydrogen (secondary N) is 1. The molecule has 0 aliphatic heterocycles. The van der Waals surface area contributed by atoms with Crippen LogP contribution in [0.1, 0.15) is 12.5 Å². The number of sulfone groups is 1. The molecule has 0 unspecified atom stereocenters. The predicted octanol–water partition coefficient (Wildman–Crippen LogP) is 3.10. The Kier molecular flexibility index (Phi) is 4.47. The average molecular weight is 314 g/mol. The summed E-state index contributed by atoms with van der Waals surface area (Å²) in [5.74, 6) is 0. The summed E-state index contributed by atoms with van der Waals surface area (Å²) in [6.45, 7) is 1.75. The van der Waals surface area contributed by atoms with Crippen molar-refractivity contribution < 1.29 is 8.42 Å². The van der Waals surface area contributed by atoms with Crippen molar-refractivity contribution in [2.75, 3.05) is 6.26 Å². The minimum absolute atomic E-state index is 0.298. The second kappa shape index (κ2) is 6.15. The summed E-state index contributed by atoms with van der Waals surface area (Å²) in [6, 6.07) is 14.4. The number of rotatable bonds is 4. The quantitative estimate of drug-likeness (QED) is 0.850. The fourth-order valence-electron chi connectivity index (χ4n) is 2.17. The van der Waals surface area contributed by atoms with Crippen LogP contribution in [0, 0.1) is 5.41 Å². The number of hydrogen-bond acceptors (Lipinski definition) is 4. The molecule has 4 nitrogen and oxygen atoms in total. The average Bonchev–Trinajstić information content (AvgIpc) is 2.47. The molecule has 0 bridgehead atoms. The van der Waals surface area contributed by atoms with Crippen molar-refractivity contribution in [1.82, 2.24) is 0 Å². The zero-order valence-electron chi connectivity index (χ0n) is 12.5. The molecule has 2 aromatic carbocycles. The molecule has 114 valence electrons. The van der Waals surface area contributed by atoms with Crippen molar-refractivity contribution in [2.24, 2.45) is 5.73 Å². The first kappa shape index (κ1) is 16.0. The smallest absolute Gasteiger partial charge is 0.175 e. The van der Waals surface area contributed by atoms with Crippen LogP contribution in [0.25, 0.3) is 16.7 Å². The summed E-state index contributed by atoms with van der Waals surface area (Å²) >= 11 is 0. The Hall–Kier alpha value is -2.40. The Morgan fingerprint density at radius 3 is 2.23 bits per heavy atom. The molecule has 0 heterocycles. The molecular weight excluding hydrogens is 296 g/mol. The predicted molar refractivity (Wildman–Crippen MR) is 90.6 cm³/mol. The lowest BCUT2D eigenvalue weighted by atomic mass is 10.00. The Morgan fingerprint density at radius 1 is 1.09 bits per heavy atom. The molecule has 0 saturated carbocycles. The molecule has 5 heteroatoms. The zero-order valence-corrected chi connectivity index (χ0v) is 13.3. The summed E-state index contributed by atoms with van der Waals surface area (Å²) in [5, 5.41) is 7.41. The maximum Gasteiger partial charge on any atom is 0.175 e. The summed E-state index contributed by atoms with van der Waals surface area (Å²) in [7, 11) is -3.22.